The average Bonchev–Trinajstić information content (AvgIpc) is 3.02. The van der Waals surface area contributed by atoms with Crippen molar-refractivity contribution < 1.29 is 9.15 Å². The molecule has 0 aliphatic heterocycles. The average molecular weight is 325 g/mol. The first-order valence-corrected chi connectivity index (χ1v) is 8.89. The van der Waals surface area contributed by atoms with Gasteiger partial charge < -0.3 is 14.5 Å². The summed E-state index contributed by atoms with van der Waals surface area (Å²) in [5, 5.41) is 4.39. The van der Waals surface area contributed by atoms with E-state index in [1.165, 1.54) is 32.1 Å². The summed E-state index contributed by atoms with van der Waals surface area (Å²) in [5.41, 5.74) is 2.44. The van der Waals surface area contributed by atoms with Crippen LogP contribution < -0.4 is 5.32 Å². The van der Waals surface area contributed by atoms with Crippen LogP contribution in [0.4, 0.5) is 5.82 Å². The van der Waals surface area contributed by atoms with Crippen LogP contribution in [0.2, 0.25) is 0 Å². The summed E-state index contributed by atoms with van der Waals surface area (Å²) in [7, 11) is 0. The predicted octanol–water partition coefficient (Wildman–Crippen LogP) is 4.53. The molecule has 126 valence electrons. The number of benzene rings is 1. The molecule has 24 heavy (non-hydrogen) atoms. The zero-order valence-corrected chi connectivity index (χ0v) is 13.8. The number of hydrogen-bond acceptors (Lipinski definition) is 5. The molecule has 0 unspecified atom stereocenters. The third kappa shape index (κ3) is 3.22. The van der Waals surface area contributed by atoms with E-state index in [9.17, 15) is 0 Å². The lowest BCUT2D eigenvalue weighted by molar-refractivity contribution is 0.0284. The highest BCUT2D eigenvalue weighted by Gasteiger charge is 2.14. The summed E-state index contributed by atoms with van der Waals surface area (Å²) in [6.07, 6.45) is 9.45. The lowest BCUT2D eigenvalue weighted by Gasteiger charge is -2.21. The molecule has 1 N–H and O–H groups in total. The van der Waals surface area contributed by atoms with E-state index in [-0.39, 0.29) is 0 Å². The third-order valence-electron chi connectivity index (χ3n) is 4.68. The number of nitrogens with zero attached hydrogens (tertiary/aromatic N) is 2. The molecule has 2 heterocycles. The van der Waals surface area contributed by atoms with Crippen LogP contribution >= 0.6 is 0 Å². The van der Waals surface area contributed by atoms with Gasteiger partial charge in [0.1, 0.15) is 17.4 Å². The van der Waals surface area contributed by atoms with Crippen LogP contribution in [0.3, 0.4) is 0 Å². The van der Waals surface area contributed by atoms with Gasteiger partial charge in [-0.2, -0.15) is 0 Å². The minimum atomic E-state index is 0.472. The summed E-state index contributed by atoms with van der Waals surface area (Å²) in [5.74, 6) is 0.758. The molecule has 5 nitrogen and oxygen atoms in total. The summed E-state index contributed by atoms with van der Waals surface area (Å²) >= 11 is 0. The van der Waals surface area contributed by atoms with Gasteiger partial charge in [-0.3, -0.25) is 0 Å². The van der Waals surface area contributed by atoms with Crippen molar-refractivity contribution >= 4 is 27.9 Å². The zero-order chi connectivity index (χ0) is 16.2. The van der Waals surface area contributed by atoms with Gasteiger partial charge in [0.25, 0.3) is 0 Å². The van der Waals surface area contributed by atoms with Crippen molar-refractivity contribution in [3.63, 3.8) is 0 Å². The molecular weight excluding hydrogens is 302 g/mol. The standard InChI is InChI=1S/C19H23N3O2/c1-2-7-14(8-3-1)23-12-6-11-20-19-18-17(21-13-22-19)15-9-4-5-10-16(15)24-18/h4-5,9-10,13-14H,1-3,6-8,11-12H2,(H,20,21,22). The smallest absolute Gasteiger partial charge is 0.196 e. The number of anilines is 1. The largest absolute Gasteiger partial charge is 0.450 e. The first-order chi connectivity index (χ1) is 11.9. The van der Waals surface area contributed by atoms with Gasteiger partial charge >= 0.3 is 0 Å². The Hall–Kier alpha value is -2.14. The van der Waals surface area contributed by atoms with E-state index in [0.29, 0.717) is 6.10 Å². The fourth-order valence-electron chi connectivity index (χ4n) is 3.41. The van der Waals surface area contributed by atoms with Gasteiger partial charge in [-0.1, -0.05) is 31.4 Å². The Morgan fingerprint density at radius 3 is 2.92 bits per heavy atom. The summed E-state index contributed by atoms with van der Waals surface area (Å²) < 4.78 is 11.9. The highest BCUT2D eigenvalue weighted by molar-refractivity contribution is 6.05. The SMILES string of the molecule is c1ccc2c(c1)oc1c(NCCCOC3CCCCC3)ncnc12. The maximum Gasteiger partial charge on any atom is 0.196 e. The fourth-order valence-corrected chi connectivity index (χ4v) is 3.41. The second kappa shape index (κ2) is 7.18. The molecular formula is C19H23N3O2. The van der Waals surface area contributed by atoms with Crippen LogP contribution in [0.1, 0.15) is 38.5 Å². The van der Waals surface area contributed by atoms with Crippen molar-refractivity contribution in [2.24, 2.45) is 0 Å². The quantitative estimate of drug-likeness (QED) is 0.675. The van der Waals surface area contributed by atoms with Gasteiger partial charge in [0.05, 0.1) is 6.10 Å². The second-order valence-corrected chi connectivity index (χ2v) is 6.41. The van der Waals surface area contributed by atoms with E-state index >= 15 is 0 Å². The Morgan fingerprint density at radius 1 is 1.12 bits per heavy atom. The normalized spacial score (nSPS) is 16.0. The van der Waals surface area contributed by atoms with Crippen LogP contribution in [-0.2, 0) is 4.74 Å². The van der Waals surface area contributed by atoms with Gasteiger partial charge in [-0.25, -0.2) is 9.97 Å². The molecule has 3 aromatic rings. The second-order valence-electron chi connectivity index (χ2n) is 6.41. The number of rotatable bonds is 6. The van der Waals surface area contributed by atoms with Crippen molar-refractivity contribution in [3.05, 3.63) is 30.6 Å². The van der Waals surface area contributed by atoms with Crippen molar-refractivity contribution in [1.82, 2.24) is 9.97 Å². The minimum absolute atomic E-state index is 0.472. The Kier molecular flexibility index (Phi) is 4.60. The van der Waals surface area contributed by atoms with Crippen molar-refractivity contribution in [3.8, 4) is 0 Å². The van der Waals surface area contributed by atoms with E-state index in [1.54, 1.807) is 6.33 Å². The lowest BCUT2D eigenvalue weighted by Crippen LogP contribution is -2.18. The molecule has 0 spiro atoms. The summed E-state index contributed by atoms with van der Waals surface area (Å²) in [6, 6.07) is 7.94. The minimum Gasteiger partial charge on any atom is -0.450 e. The number of fused-ring (bicyclic) bond motifs is 3. The molecule has 1 aromatic carbocycles. The predicted molar refractivity (Wildman–Crippen MR) is 95.2 cm³/mol. The number of nitrogens with one attached hydrogen (secondary N) is 1. The van der Waals surface area contributed by atoms with Crippen LogP contribution in [0.15, 0.2) is 35.0 Å². The van der Waals surface area contributed by atoms with Gasteiger partial charge in [0.2, 0.25) is 0 Å². The number of aromatic nitrogens is 2. The number of ether oxygens (including phenoxy) is 1. The number of furan rings is 1. The van der Waals surface area contributed by atoms with Crippen LogP contribution in [0.5, 0.6) is 0 Å². The third-order valence-corrected chi connectivity index (χ3v) is 4.68. The number of para-hydroxylation sites is 1. The zero-order valence-electron chi connectivity index (χ0n) is 13.8. The Bertz CT molecular complexity index is 809. The summed E-state index contributed by atoms with van der Waals surface area (Å²) in [4.78, 5) is 8.70. The molecule has 4 rings (SSSR count). The van der Waals surface area contributed by atoms with Gasteiger partial charge in [0.15, 0.2) is 11.4 Å². The molecule has 1 fully saturated rings. The number of hydrogen-bond donors (Lipinski definition) is 1. The molecule has 0 saturated heterocycles. The monoisotopic (exact) mass is 325 g/mol. The van der Waals surface area contributed by atoms with Crippen molar-refractivity contribution in [2.45, 2.75) is 44.6 Å². The molecule has 0 amide bonds. The molecule has 2 aromatic heterocycles. The lowest BCUT2D eigenvalue weighted by atomic mass is 9.98. The Balaban J connectivity index is 1.36. The molecule has 1 aliphatic rings. The van der Waals surface area contributed by atoms with Gasteiger partial charge in [-0.05, 0) is 31.4 Å². The first kappa shape index (κ1) is 15.4. The maximum absolute atomic E-state index is 5.96. The maximum atomic E-state index is 5.96. The van der Waals surface area contributed by atoms with E-state index in [4.69, 9.17) is 9.15 Å². The topological polar surface area (TPSA) is 60.2 Å². The van der Waals surface area contributed by atoms with Crippen LogP contribution in [0.25, 0.3) is 22.1 Å². The van der Waals surface area contributed by atoms with Gasteiger partial charge in [0, 0.05) is 18.5 Å². The summed E-state index contributed by atoms with van der Waals surface area (Å²) in [6.45, 7) is 1.61. The van der Waals surface area contributed by atoms with E-state index in [0.717, 1.165) is 47.5 Å². The van der Waals surface area contributed by atoms with E-state index in [2.05, 4.69) is 15.3 Å². The van der Waals surface area contributed by atoms with E-state index < -0.39 is 0 Å². The molecule has 0 bridgehead atoms. The van der Waals surface area contributed by atoms with E-state index in [1.807, 2.05) is 24.3 Å². The van der Waals surface area contributed by atoms with Crippen molar-refractivity contribution in [2.75, 3.05) is 18.5 Å². The molecule has 5 heteroatoms. The van der Waals surface area contributed by atoms with Crippen LogP contribution in [0, 0.1) is 0 Å². The van der Waals surface area contributed by atoms with Crippen molar-refractivity contribution in [1.29, 1.82) is 0 Å². The molecule has 1 aliphatic carbocycles. The highest BCUT2D eigenvalue weighted by atomic mass is 16.5. The highest BCUT2D eigenvalue weighted by Crippen LogP contribution is 2.30. The molecule has 0 radical (unpaired) electrons. The molecule has 1 saturated carbocycles. The fraction of sp³-hybridized carbons (Fsp3) is 0.474. The first-order valence-electron chi connectivity index (χ1n) is 8.89. The molecule has 0 atom stereocenters. The van der Waals surface area contributed by atoms with Crippen LogP contribution in [-0.4, -0.2) is 29.2 Å². The Labute approximate surface area is 141 Å². The van der Waals surface area contributed by atoms with Gasteiger partial charge in [-0.15, -0.1) is 0 Å². The Morgan fingerprint density at radius 2 is 2.00 bits per heavy atom.